The van der Waals surface area contributed by atoms with Gasteiger partial charge in [0.2, 0.25) is 0 Å². The fourth-order valence-corrected chi connectivity index (χ4v) is 4.50. The number of hydrogen-bond donors (Lipinski definition) is 0. The predicted octanol–water partition coefficient (Wildman–Crippen LogP) is 5.05. The number of aromatic nitrogens is 3. The van der Waals surface area contributed by atoms with Crippen LogP contribution in [-0.4, -0.2) is 69.1 Å². The molecule has 0 unspecified atom stereocenters. The summed E-state index contributed by atoms with van der Waals surface area (Å²) in [6, 6.07) is 15.2. The van der Waals surface area contributed by atoms with Gasteiger partial charge in [0.25, 0.3) is 5.91 Å². The monoisotopic (exact) mass is 503 g/mol. The number of rotatable bonds is 5. The number of amides is 2. The Balaban J connectivity index is 1.34. The summed E-state index contributed by atoms with van der Waals surface area (Å²) in [6.07, 6.45) is 5.83. The Morgan fingerprint density at radius 1 is 1.00 bits per heavy atom. The fourth-order valence-electron chi connectivity index (χ4n) is 4.24. The summed E-state index contributed by atoms with van der Waals surface area (Å²) in [4.78, 5) is 37.6. The maximum atomic E-state index is 13.2. The molecule has 1 aliphatic heterocycles. The second-order valence-electron chi connectivity index (χ2n) is 8.63. The van der Waals surface area contributed by atoms with Gasteiger partial charge in [0, 0.05) is 60.8 Å². The molecular formula is C27H26ClN5O3. The number of nitrogens with zero attached hydrogens (tertiary/aromatic N) is 5. The minimum absolute atomic E-state index is 0.0912. The molecule has 2 aromatic carbocycles. The van der Waals surface area contributed by atoms with Crippen molar-refractivity contribution in [2.24, 2.45) is 0 Å². The van der Waals surface area contributed by atoms with E-state index in [9.17, 15) is 9.59 Å². The summed E-state index contributed by atoms with van der Waals surface area (Å²) in [5, 5.41) is 1.36. The number of carbonyl (C=O) groups excluding carboxylic acids is 2. The number of hydrogen-bond acceptors (Lipinski definition) is 5. The molecule has 2 aromatic heterocycles. The lowest BCUT2D eigenvalue weighted by molar-refractivity contribution is 0.0560. The van der Waals surface area contributed by atoms with Crippen LogP contribution in [0.4, 0.5) is 4.79 Å². The molecule has 184 valence electrons. The molecule has 0 aliphatic carbocycles. The Kier molecular flexibility index (Phi) is 6.86. The minimum atomic E-state index is -0.320. The second kappa shape index (κ2) is 10.4. The smallest absolute Gasteiger partial charge is 0.409 e. The number of halogens is 1. The Morgan fingerprint density at radius 3 is 2.44 bits per heavy atom. The van der Waals surface area contributed by atoms with Crippen molar-refractivity contribution < 1.29 is 14.3 Å². The van der Waals surface area contributed by atoms with E-state index in [2.05, 4.69) is 4.98 Å². The van der Waals surface area contributed by atoms with E-state index in [1.54, 1.807) is 34.5 Å². The first-order chi connectivity index (χ1) is 17.5. The molecule has 36 heavy (non-hydrogen) atoms. The number of carbonyl (C=O) groups is 2. The third kappa shape index (κ3) is 4.90. The van der Waals surface area contributed by atoms with Gasteiger partial charge >= 0.3 is 6.09 Å². The van der Waals surface area contributed by atoms with Crippen LogP contribution in [0.3, 0.4) is 0 Å². The molecule has 9 heteroatoms. The van der Waals surface area contributed by atoms with E-state index in [4.69, 9.17) is 21.3 Å². The molecule has 0 radical (unpaired) electrons. The predicted molar refractivity (Wildman–Crippen MR) is 138 cm³/mol. The number of imidazole rings is 1. The summed E-state index contributed by atoms with van der Waals surface area (Å²) in [5.74, 6) is -0.0912. The number of fused-ring (bicyclic) bond motifs is 1. The molecule has 1 aliphatic rings. The van der Waals surface area contributed by atoms with Crippen LogP contribution in [0.1, 0.15) is 23.7 Å². The first kappa shape index (κ1) is 23.8. The fraction of sp³-hybridized carbons (Fsp3) is 0.259. The average Bonchev–Trinajstić information content (AvgIpc) is 3.46. The summed E-state index contributed by atoms with van der Waals surface area (Å²) in [6.45, 7) is 4.17. The molecule has 0 atom stereocenters. The summed E-state index contributed by atoms with van der Waals surface area (Å²) >= 11 is 6.59. The van der Waals surface area contributed by atoms with E-state index in [0.717, 1.165) is 28.8 Å². The molecule has 4 aromatic rings. The number of pyridine rings is 1. The van der Waals surface area contributed by atoms with Gasteiger partial charge in [-0.25, -0.2) is 14.8 Å². The van der Waals surface area contributed by atoms with Crippen molar-refractivity contribution in [1.82, 2.24) is 24.3 Å². The van der Waals surface area contributed by atoms with Crippen LogP contribution in [0.25, 0.3) is 27.8 Å². The van der Waals surface area contributed by atoms with Crippen LogP contribution in [0.15, 0.2) is 67.3 Å². The van der Waals surface area contributed by atoms with Crippen molar-refractivity contribution in [2.45, 2.75) is 13.3 Å². The SMILES string of the molecule is CCCOC(=O)N1CCN(C(=O)c2ccc3c(Cl)cc(-c4ccc(-n5ccnc5)cc4)nc3c2)CC1. The maximum absolute atomic E-state index is 13.2. The Hall–Kier alpha value is -3.91. The van der Waals surface area contributed by atoms with E-state index in [-0.39, 0.29) is 12.0 Å². The lowest BCUT2D eigenvalue weighted by atomic mass is 10.1. The zero-order valence-electron chi connectivity index (χ0n) is 19.9. The Morgan fingerprint density at radius 2 is 1.75 bits per heavy atom. The van der Waals surface area contributed by atoms with Gasteiger partial charge in [-0.1, -0.05) is 36.7 Å². The van der Waals surface area contributed by atoms with Gasteiger partial charge in [-0.3, -0.25) is 4.79 Å². The highest BCUT2D eigenvalue weighted by molar-refractivity contribution is 6.35. The van der Waals surface area contributed by atoms with E-state index in [1.165, 1.54) is 0 Å². The molecule has 1 saturated heterocycles. The van der Waals surface area contributed by atoms with Crippen molar-refractivity contribution in [1.29, 1.82) is 0 Å². The molecule has 1 fully saturated rings. The van der Waals surface area contributed by atoms with Crippen molar-refractivity contribution in [3.8, 4) is 16.9 Å². The molecule has 0 N–H and O–H groups in total. The van der Waals surface area contributed by atoms with E-state index in [0.29, 0.717) is 48.9 Å². The molecule has 5 rings (SSSR count). The highest BCUT2D eigenvalue weighted by Crippen LogP contribution is 2.29. The van der Waals surface area contributed by atoms with Gasteiger partial charge in [-0.15, -0.1) is 0 Å². The van der Waals surface area contributed by atoms with Crippen molar-refractivity contribution >= 4 is 34.5 Å². The highest BCUT2D eigenvalue weighted by atomic mass is 35.5. The zero-order chi connectivity index (χ0) is 25.1. The summed E-state index contributed by atoms with van der Waals surface area (Å²) in [5.41, 5.74) is 3.85. The summed E-state index contributed by atoms with van der Waals surface area (Å²) < 4.78 is 7.13. The lowest BCUT2D eigenvalue weighted by Gasteiger charge is -2.34. The zero-order valence-corrected chi connectivity index (χ0v) is 20.7. The van der Waals surface area contributed by atoms with E-state index < -0.39 is 0 Å². The lowest BCUT2D eigenvalue weighted by Crippen LogP contribution is -2.50. The first-order valence-corrected chi connectivity index (χ1v) is 12.3. The Labute approximate surface area is 214 Å². The van der Waals surface area contributed by atoms with Gasteiger partial charge in [-0.2, -0.15) is 0 Å². The standard InChI is InChI=1S/C27H26ClN5O3/c1-2-15-36-27(35)32-13-11-31(12-14-32)26(34)20-5-8-22-23(28)17-24(30-25(22)16-20)19-3-6-21(7-4-19)33-10-9-29-18-33/h3-10,16-18H,2,11-15H2,1H3. The van der Waals surface area contributed by atoms with Gasteiger partial charge in [0.1, 0.15) is 0 Å². The third-order valence-electron chi connectivity index (χ3n) is 6.23. The normalized spacial score (nSPS) is 13.7. The van der Waals surface area contributed by atoms with Crippen LogP contribution >= 0.6 is 11.6 Å². The van der Waals surface area contributed by atoms with Gasteiger partial charge in [0.15, 0.2) is 0 Å². The van der Waals surface area contributed by atoms with Gasteiger partial charge in [0.05, 0.1) is 29.2 Å². The molecule has 8 nitrogen and oxygen atoms in total. The van der Waals surface area contributed by atoms with Crippen LogP contribution in [-0.2, 0) is 4.74 Å². The molecule has 0 saturated carbocycles. The number of ether oxygens (including phenoxy) is 1. The van der Waals surface area contributed by atoms with E-state index >= 15 is 0 Å². The topological polar surface area (TPSA) is 80.6 Å². The van der Waals surface area contributed by atoms with Gasteiger partial charge < -0.3 is 19.1 Å². The first-order valence-electron chi connectivity index (χ1n) is 11.9. The van der Waals surface area contributed by atoms with Crippen molar-refractivity contribution in [3.05, 3.63) is 77.8 Å². The van der Waals surface area contributed by atoms with Crippen LogP contribution in [0.2, 0.25) is 5.02 Å². The van der Waals surface area contributed by atoms with Crippen molar-refractivity contribution in [3.63, 3.8) is 0 Å². The molecule has 2 amide bonds. The second-order valence-corrected chi connectivity index (χ2v) is 9.04. The van der Waals surface area contributed by atoms with Crippen LogP contribution < -0.4 is 0 Å². The summed E-state index contributed by atoms with van der Waals surface area (Å²) in [7, 11) is 0. The number of benzene rings is 2. The van der Waals surface area contributed by atoms with Crippen LogP contribution in [0, 0.1) is 0 Å². The van der Waals surface area contributed by atoms with Crippen molar-refractivity contribution in [2.75, 3.05) is 32.8 Å². The third-order valence-corrected chi connectivity index (χ3v) is 6.54. The highest BCUT2D eigenvalue weighted by Gasteiger charge is 2.26. The van der Waals surface area contributed by atoms with E-state index in [1.807, 2.05) is 54.1 Å². The minimum Gasteiger partial charge on any atom is -0.449 e. The average molecular weight is 504 g/mol. The van der Waals surface area contributed by atoms with Gasteiger partial charge in [-0.05, 0) is 36.8 Å². The largest absolute Gasteiger partial charge is 0.449 e. The quantitative estimate of drug-likeness (QED) is 0.381. The maximum Gasteiger partial charge on any atom is 0.409 e. The molecule has 0 spiro atoms. The van der Waals surface area contributed by atoms with Crippen LogP contribution in [0.5, 0.6) is 0 Å². The molecular weight excluding hydrogens is 478 g/mol. The molecule has 3 heterocycles. The Bertz CT molecular complexity index is 1380. The molecule has 0 bridgehead atoms. The number of piperazine rings is 1.